The molecule has 2 atom stereocenters. The van der Waals surface area contributed by atoms with E-state index < -0.39 is 10.0 Å². The molecule has 106 valence electrons. The van der Waals surface area contributed by atoms with Gasteiger partial charge in [-0.2, -0.15) is 0 Å². The van der Waals surface area contributed by atoms with Crippen LogP contribution in [0.1, 0.15) is 13.3 Å². The van der Waals surface area contributed by atoms with E-state index in [9.17, 15) is 8.42 Å². The Morgan fingerprint density at radius 1 is 1.37 bits per heavy atom. The number of likely N-dealkylation sites (tertiary alicyclic amines) is 1. The Morgan fingerprint density at radius 3 is 2.68 bits per heavy atom. The summed E-state index contributed by atoms with van der Waals surface area (Å²) in [7, 11) is -1.58. The molecule has 5 nitrogen and oxygen atoms in total. The highest BCUT2D eigenvalue weighted by atomic mass is 32.2. The number of hydrogen-bond donors (Lipinski definition) is 2. The molecule has 1 aromatic carbocycles. The van der Waals surface area contributed by atoms with Gasteiger partial charge in [-0.3, -0.25) is 0 Å². The van der Waals surface area contributed by atoms with Crippen molar-refractivity contribution in [3.8, 4) is 0 Å². The third kappa shape index (κ3) is 3.46. The fourth-order valence-corrected chi connectivity index (χ4v) is 3.30. The van der Waals surface area contributed by atoms with Gasteiger partial charge in [-0.15, -0.1) is 0 Å². The molecular weight excluding hydrogens is 262 g/mol. The maximum absolute atomic E-state index is 11.6. The number of benzene rings is 1. The number of nitrogens with zero attached hydrogens (tertiary/aromatic N) is 1. The molecule has 2 rings (SSSR count). The van der Waals surface area contributed by atoms with E-state index in [1.807, 2.05) is 6.07 Å². The molecule has 1 aromatic rings. The van der Waals surface area contributed by atoms with Crippen LogP contribution in [0.5, 0.6) is 0 Å². The van der Waals surface area contributed by atoms with Crippen LogP contribution in [0.15, 0.2) is 29.2 Å². The Bertz CT molecular complexity index is 545. The summed E-state index contributed by atoms with van der Waals surface area (Å²) in [5, 5.41) is 8.58. The molecule has 0 saturated carbocycles. The maximum atomic E-state index is 11.6. The van der Waals surface area contributed by atoms with Crippen LogP contribution in [0, 0.1) is 5.92 Å². The molecule has 0 aromatic heterocycles. The third-order valence-electron chi connectivity index (χ3n) is 3.64. The first-order chi connectivity index (χ1) is 8.88. The number of primary sulfonamides is 1. The van der Waals surface area contributed by atoms with Crippen LogP contribution in [-0.4, -0.2) is 39.5 Å². The molecule has 1 aliphatic heterocycles. The Labute approximate surface area is 114 Å². The fourth-order valence-electron chi connectivity index (χ4n) is 2.60. The van der Waals surface area contributed by atoms with Gasteiger partial charge in [-0.05, 0) is 38.1 Å². The second-order valence-corrected chi connectivity index (χ2v) is 6.85. The molecule has 1 heterocycles. The Morgan fingerprint density at radius 2 is 2.05 bits per heavy atom. The predicted molar refractivity (Wildman–Crippen MR) is 76.5 cm³/mol. The van der Waals surface area contributed by atoms with Crippen LogP contribution in [0.25, 0.3) is 0 Å². The van der Waals surface area contributed by atoms with Gasteiger partial charge in [0.05, 0.1) is 5.69 Å². The largest absolute Gasteiger partial charge is 0.381 e. The second-order valence-electron chi connectivity index (χ2n) is 5.32. The van der Waals surface area contributed by atoms with Crippen molar-refractivity contribution in [1.29, 1.82) is 0 Å². The van der Waals surface area contributed by atoms with E-state index in [-0.39, 0.29) is 10.9 Å². The van der Waals surface area contributed by atoms with Crippen LogP contribution in [0.3, 0.4) is 0 Å². The summed E-state index contributed by atoms with van der Waals surface area (Å²) in [6.07, 6.45) is 0.997. The summed E-state index contributed by atoms with van der Waals surface area (Å²) in [5.41, 5.74) is 0.603. The van der Waals surface area contributed by atoms with E-state index in [1.165, 1.54) is 6.07 Å². The summed E-state index contributed by atoms with van der Waals surface area (Å²) in [5.74, 6) is 0.465. The van der Waals surface area contributed by atoms with Gasteiger partial charge < -0.3 is 10.2 Å². The number of nitrogens with two attached hydrogens (primary N) is 1. The zero-order valence-corrected chi connectivity index (χ0v) is 12.2. The number of rotatable bonds is 3. The lowest BCUT2D eigenvalue weighted by atomic mass is 9.94. The van der Waals surface area contributed by atoms with Gasteiger partial charge >= 0.3 is 0 Å². The predicted octanol–water partition coefficient (Wildman–Crippen LogP) is 1.09. The molecule has 0 aliphatic carbocycles. The normalized spacial score (nSPS) is 25.2. The van der Waals surface area contributed by atoms with Crippen molar-refractivity contribution in [2.24, 2.45) is 11.1 Å². The van der Waals surface area contributed by atoms with E-state index in [4.69, 9.17) is 5.14 Å². The zero-order valence-electron chi connectivity index (χ0n) is 11.3. The lowest BCUT2D eigenvalue weighted by Crippen LogP contribution is -2.43. The molecule has 2 unspecified atom stereocenters. The number of nitrogens with one attached hydrogen (secondary N) is 1. The lowest BCUT2D eigenvalue weighted by Gasteiger charge is -2.36. The minimum absolute atomic E-state index is 0.168. The summed E-state index contributed by atoms with van der Waals surface area (Å²) >= 11 is 0. The molecular formula is C13H21N3O2S. The highest BCUT2D eigenvalue weighted by molar-refractivity contribution is 7.89. The summed E-state index contributed by atoms with van der Waals surface area (Å²) in [6, 6.07) is 7.08. The highest BCUT2D eigenvalue weighted by Gasteiger charge is 2.25. The van der Waals surface area contributed by atoms with Crippen molar-refractivity contribution < 1.29 is 8.42 Å². The molecule has 0 amide bonds. The third-order valence-corrected chi connectivity index (χ3v) is 4.61. The summed E-state index contributed by atoms with van der Waals surface area (Å²) in [4.78, 5) is 2.45. The van der Waals surface area contributed by atoms with Crippen LogP contribution in [0.2, 0.25) is 0 Å². The maximum Gasteiger partial charge on any atom is 0.240 e. The standard InChI is InChI=1S/C13H21N3O2S/c1-10-9-16(2)8-7-11(10)15-12-5-3-4-6-13(12)19(14,17)18/h3-6,10-11,15H,7-9H2,1-2H3,(H2,14,17,18). The van der Waals surface area contributed by atoms with Gasteiger partial charge in [0.25, 0.3) is 0 Å². The summed E-state index contributed by atoms with van der Waals surface area (Å²) < 4.78 is 23.1. The molecule has 1 saturated heterocycles. The second kappa shape index (κ2) is 5.48. The fraction of sp³-hybridized carbons (Fsp3) is 0.538. The Hall–Kier alpha value is -1.11. The number of sulfonamides is 1. The Kier molecular flexibility index (Phi) is 4.13. The quantitative estimate of drug-likeness (QED) is 0.870. The van der Waals surface area contributed by atoms with Gasteiger partial charge in [-0.25, -0.2) is 13.6 Å². The SMILES string of the molecule is CC1CN(C)CCC1Nc1ccccc1S(N)(=O)=O. The van der Waals surface area contributed by atoms with Crippen LogP contribution in [-0.2, 0) is 10.0 Å². The molecule has 1 aliphatic rings. The first-order valence-electron chi connectivity index (χ1n) is 6.45. The zero-order chi connectivity index (χ0) is 14.0. The molecule has 6 heteroatoms. The minimum atomic E-state index is -3.69. The van der Waals surface area contributed by atoms with Crippen molar-refractivity contribution in [3.05, 3.63) is 24.3 Å². The monoisotopic (exact) mass is 283 g/mol. The topological polar surface area (TPSA) is 75.4 Å². The Balaban J connectivity index is 2.20. The highest BCUT2D eigenvalue weighted by Crippen LogP contribution is 2.25. The number of piperidine rings is 1. The van der Waals surface area contributed by atoms with Gasteiger partial charge in [0.15, 0.2) is 0 Å². The average molecular weight is 283 g/mol. The van der Waals surface area contributed by atoms with E-state index in [0.29, 0.717) is 11.6 Å². The van der Waals surface area contributed by atoms with Crippen molar-refractivity contribution in [1.82, 2.24) is 4.90 Å². The number of anilines is 1. The van der Waals surface area contributed by atoms with Crippen molar-refractivity contribution >= 4 is 15.7 Å². The number of hydrogen-bond acceptors (Lipinski definition) is 4. The average Bonchev–Trinajstić information content (AvgIpc) is 2.32. The molecule has 0 bridgehead atoms. The van der Waals surface area contributed by atoms with Crippen LogP contribution < -0.4 is 10.5 Å². The lowest BCUT2D eigenvalue weighted by molar-refractivity contribution is 0.206. The molecule has 3 N–H and O–H groups in total. The van der Waals surface area contributed by atoms with E-state index in [0.717, 1.165) is 19.5 Å². The first-order valence-corrected chi connectivity index (χ1v) is 7.99. The number of para-hydroxylation sites is 1. The van der Waals surface area contributed by atoms with Crippen LogP contribution in [0.4, 0.5) is 5.69 Å². The van der Waals surface area contributed by atoms with Crippen molar-refractivity contribution in [2.45, 2.75) is 24.3 Å². The molecule has 0 radical (unpaired) electrons. The van der Waals surface area contributed by atoms with Gasteiger partial charge in [0.1, 0.15) is 4.90 Å². The van der Waals surface area contributed by atoms with Gasteiger partial charge in [0.2, 0.25) is 10.0 Å². The molecule has 19 heavy (non-hydrogen) atoms. The van der Waals surface area contributed by atoms with E-state index in [2.05, 4.69) is 24.2 Å². The van der Waals surface area contributed by atoms with Gasteiger partial charge in [-0.1, -0.05) is 19.1 Å². The summed E-state index contributed by atoms with van der Waals surface area (Å²) in [6.45, 7) is 4.20. The van der Waals surface area contributed by atoms with Crippen molar-refractivity contribution in [3.63, 3.8) is 0 Å². The minimum Gasteiger partial charge on any atom is -0.381 e. The van der Waals surface area contributed by atoms with Crippen LogP contribution >= 0.6 is 0 Å². The van der Waals surface area contributed by atoms with E-state index in [1.54, 1.807) is 12.1 Å². The molecule has 0 spiro atoms. The molecule has 1 fully saturated rings. The van der Waals surface area contributed by atoms with Crippen molar-refractivity contribution in [2.75, 3.05) is 25.5 Å². The van der Waals surface area contributed by atoms with Gasteiger partial charge in [0, 0.05) is 12.6 Å². The smallest absolute Gasteiger partial charge is 0.240 e. The first kappa shape index (κ1) is 14.3. The van der Waals surface area contributed by atoms with E-state index >= 15 is 0 Å².